The van der Waals surface area contributed by atoms with E-state index in [0.29, 0.717) is 5.88 Å². The van der Waals surface area contributed by atoms with Crippen molar-refractivity contribution >= 4 is 5.69 Å². The van der Waals surface area contributed by atoms with E-state index in [1.807, 2.05) is 12.1 Å². The van der Waals surface area contributed by atoms with Crippen LogP contribution in [0.4, 0.5) is 5.69 Å². The zero-order valence-corrected chi connectivity index (χ0v) is 12.4. The molecule has 0 radical (unpaired) electrons. The molecule has 0 aliphatic rings. The molecule has 0 aliphatic carbocycles. The van der Waals surface area contributed by atoms with Gasteiger partial charge in [-0.05, 0) is 38.3 Å². The molecule has 0 saturated carbocycles. The van der Waals surface area contributed by atoms with Crippen LogP contribution in [0, 0.1) is 0 Å². The summed E-state index contributed by atoms with van der Waals surface area (Å²) in [6.07, 6.45) is 3.87. The van der Waals surface area contributed by atoms with Crippen molar-refractivity contribution in [2.45, 2.75) is 32.2 Å². The van der Waals surface area contributed by atoms with Gasteiger partial charge >= 0.3 is 0 Å². The summed E-state index contributed by atoms with van der Waals surface area (Å²) in [4.78, 5) is 4.12. The molecule has 1 N–H and O–H groups in total. The lowest BCUT2D eigenvalue weighted by molar-refractivity contribution is 0.398. The summed E-state index contributed by atoms with van der Waals surface area (Å²) in [6.45, 7) is 4.42. The Bertz CT molecular complexity index is 538. The molecule has 2 rings (SSSR count). The molecule has 0 atom stereocenters. The van der Waals surface area contributed by atoms with Crippen LogP contribution in [0.15, 0.2) is 48.7 Å². The van der Waals surface area contributed by atoms with Crippen LogP contribution < -0.4 is 10.1 Å². The highest BCUT2D eigenvalue weighted by atomic mass is 16.5. The average molecular weight is 270 g/mol. The molecule has 1 aromatic heterocycles. The third kappa shape index (κ3) is 4.26. The van der Waals surface area contributed by atoms with Gasteiger partial charge in [0.05, 0.1) is 7.11 Å². The maximum atomic E-state index is 5.15. The number of nitrogens with one attached hydrogen (secondary N) is 1. The average Bonchev–Trinajstić information content (AvgIpc) is 2.46. The molecule has 106 valence electrons. The third-order valence-corrected chi connectivity index (χ3v) is 3.31. The zero-order valence-electron chi connectivity index (χ0n) is 12.4. The Balaban J connectivity index is 1.96. The molecule has 0 saturated heterocycles. The van der Waals surface area contributed by atoms with Crippen LogP contribution in [-0.2, 0) is 6.42 Å². The van der Waals surface area contributed by atoms with Gasteiger partial charge in [0.25, 0.3) is 0 Å². The van der Waals surface area contributed by atoms with Crippen molar-refractivity contribution in [2.75, 3.05) is 12.4 Å². The Labute approximate surface area is 121 Å². The number of hydrogen-bond donors (Lipinski definition) is 1. The Hall–Kier alpha value is -2.03. The van der Waals surface area contributed by atoms with Crippen LogP contribution in [0.5, 0.6) is 5.88 Å². The van der Waals surface area contributed by atoms with Crippen molar-refractivity contribution < 1.29 is 4.74 Å². The van der Waals surface area contributed by atoms with E-state index in [2.05, 4.69) is 54.5 Å². The molecular weight excluding hydrogens is 248 g/mol. The summed E-state index contributed by atoms with van der Waals surface area (Å²) in [7, 11) is 1.63. The van der Waals surface area contributed by atoms with Crippen molar-refractivity contribution in [3.05, 3.63) is 54.2 Å². The van der Waals surface area contributed by atoms with Crippen LogP contribution in [-0.4, -0.2) is 17.6 Å². The number of nitrogens with zero attached hydrogens (tertiary/aromatic N) is 1. The van der Waals surface area contributed by atoms with Gasteiger partial charge in [0.15, 0.2) is 0 Å². The molecule has 0 unspecified atom stereocenters. The lowest BCUT2D eigenvalue weighted by Gasteiger charge is -2.27. The monoisotopic (exact) mass is 270 g/mol. The van der Waals surface area contributed by atoms with Crippen molar-refractivity contribution in [2.24, 2.45) is 0 Å². The van der Waals surface area contributed by atoms with Gasteiger partial charge in [0, 0.05) is 23.5 Å². The topological polar surface area (TPSA) is 34.1 Å². The summed E-state index contributed by atoms with van der Waals surface area (Å²) in [5.74, 6) is 0.633. The summed E-state index contributed by atoms with van der Waals surface area (Å²) >= 11 is 0. The fraction of sp³-hybridized carbons (Fsp3) is 0.353. The van der Waals surface area contributed by atoms with Gasteiger partial charge in [-0.2, -0.15) is 0 Å². The van der Waals surface area contributed by atoms with Gasteiger partial charge in [-0.25, -0.2) is 4.98 Å². The lowest BCUT2D eigenvalue weighted by atomic mass is 9.95. The number of rotatable bonds is 6. The Morgan fingerprint density at radius 3 is 2.60 bits per heavy atom. The molecule has 0 amide bonds. The number of anilines is 1. The van der Waals surface area contributed by atoms with Crippen LogP contribution in [0.3, 0.4) is 0 Å². The summed E-state index contributed by atoms with van der Waals surface area (Å²) in [5, 5.41) is 3.54. The van der Waals surface area contributed by atoms with E-state index in [1.165, 1.54) is 5.56 Å². The van der Waals surface area contributed by atoms with Crippen LogP contribution in [0.1, 0.15) is 25.8 Å². The van der Waals surface area contributed by atoms with Crippen LogP contribution in [0.25, 0.3) is 0 Å². The highest BCUT2D eigenvalue weighted by Crippen LogP contribution is 2.22. The van der Waals surface area contributed by atoms with E-state index >= 15 is 0 Å². The molecule has 1 aromatic carbocycles. The van der Waals surface area contributed by atoms with E-state index in [0.717, 1.165) is 18.5 Å². The molecule has 3 nitrogen and oxygen atoms in total. The number of benzene rings is 1. The number of methoxy groups -OCH3 is 1. The maximum Gasteiger partial charge on any atom is 0.214 e. The molecule has 0 spiro atoms. The second kappa shape index (κ2) is 6.42. The van der Waals surface area contributed by atoms with Gasteiger partial charge in [-0.15, -0.1) is 0 Å². The number of aryl methyl sites for hydroxylation is 1. The Kier molecular flexibility index (Phi) is 4.61. The number of ether oxygens (including phenoxy) is 1. The highest BCUT2D eigenvalue weighted by Gasteiger charge is 2.17. The minimum atomic E-state index is 0.0161. The normalized spacial score (nSPS) is 11.2. The minimum absolute atomic E-state index is 0.0161. The molecular formula is C17H22N2O. The van der Waals surface area contributed by atoms with Gasteiger partial charge in [-0.3, -0.25) is 0 Å². The second-order valence-corrected chi connectivity index (χ2v) is 5.58. The molecule has 0 bridgehead atoms. The first-order valence-corrected chi connectivity index (χ1v) is 6.91. The first-order valence-electron chi connectivity index (χ1n) is 6.91. The standard InChI is InChI=1S/C17H22N2O/c1-17(2,11-9-14-7-5-4-6-8-14)19-15-10-12-18-16(13-15)20-3/h4-8,10,12-13H,9,11H2,1-3H3,(H,18,19). The van der Waals surface area contributed by atoms with Gasteiger partial charge in [0.2, 0.25) is 5.88 Å². The van der Waals surface area contributed by atoms with E-state index < -0.39 is 0 Å². The first-order chi connectivity index (χ1) is 9.59. The van der Waals surface area contributed by atoms with Gasteiger partial charge in [0.1, 0.15) is 0 Å². The highest BCUT2D eigenvalue weighted by molar-refractivity contribution is 5.47. The van der Waals surface area contributed by atoms with Gasteiger partial charge < -0.3 is 10.1 Å². The lowest BCUT2D eigenvalue weighted by Crippen LogP contribution is -2.31. The van der Waals surface area contributed by atoms with Gasteiger partial charge in [-0.1, -0.05) is 30.3 Å². The zero-order chi connectivity index (χ0) is 14.4. The van der Waals surface area contributed by atoms with E-state index in [9.17, 15) is 0 Å². The third-order valence-electron chi connectivity index (χ3n) is 3.31. The van der Waals surface area contributed by atoms with E-state index in [1.54, 1.807) is 13.3 Å². The van der Waals surface area contributed by atoms with Crippen molar-refractivity contribution in [3.63, 3.8) is 0 Å². The minimum Gasteiger partial charge on any atom is -0.481 e. The smallest absolute Gasteiger partial charge is 0.214 e. The number of hydrogen-bond acceptors (Lipinski definition) is 3. The quantitative estimate of drug-likeness (QED) is 0.864. The first kappa shape index (κ1) is 14.4. The SMILES string of the molecule is COc1cc(NC(C)(C)CCc2ccccc2)ccn1. The fourth-order valence-corrected chi connectivity index (χ4v) is 2.15. The molecule has 1 heterocycles. The Morgan fingerprint density at radius 1 is 1.15 bits per heavy atom. The van der Waals surface area contributed by atoms with E-state index in [-0.39, 0.29) is 5.54 Å². The number of aromatic nitrogens is 1. The summed E-state index contributed by atoms with van der Waals surface area (Å²) in [5.41, 5.74) is 2.42. The van der Waals surface area contributed by atoms with Crippen molar-refractivity contribution in [1.82, 2.24) is 4.98 Å². The molecule has 0 aliphatic heterocycles. The van der Waals surface area contributed by atoms with Crippen LogP contribution >= 0.6 is 0 Å². The van der Waals surface area contributed by atoms with Crippen LogP contribution in [0.2, 0.25) is 0 Å². The second-order valence-electron chi connectivity index (χ2n) is 5.58. The molecule has 3 heteroatoms. The maximum absolute atomic E-state index is 5.15. The fourth-order valence-electron chi connectivity index (χ4n) is 2.15. The predicted molar refractivity (Wildman–Crippen MR) is 83.3 cm³/mol. The molecule has 2 aromatic rings. The largest absolute Gasteiger partial charge is 0.481 e. The Morgan fingerprint density at radius 2 is 1.90 bits per heavy atom. The summed E-state index contributed by atoms with van der Waals surface area (Å²) in [6, 6.07) is 14.5. The predicted octanol–water partition coefficient (Wildman–Crippen LogP) is 3.91. The molecule has 20 heavy (non-hydrogen) atoms. The van der Waals surface area contributed by atoms with E-state index in [4.69, 9.17) is 4.74 Å². The number of pyridine rings is 1. The van der Waals surface area contributed by atoms with Crippen molar-refractivity contribution in [1.29, 1.82) is 0 Å². The summed E-state index contributed by atoms with van der Waals surface area (Å²) < 4.78 is 5.15. The van der Waals surface area contributed by atoms with Crippen molar-refractivity contribution in [3.8, 4) is 5.88 Å². The molecule has 0 fully saturated rings.